The molecule has 1 saturated heterocycles. The van der Waals surface area contributed by atoms with Crippen molar-refractivity contribution in [2.24, 2.45) is 0 Å². The first-order valence-corrected chi connectivity index (χ1v) is 3.57. The Bertz CT molecular complexity index is 128. The van der Waals surface area contributed by atoms with E-state index < -0.39 is 0 Å². The molecule has 0 bridgehead atoms. The molecule has 1 aliphatic rings. The first-order valence-electron chi connectivity index (χ1n) is 1.64. The number of amides is 4. The molecule has 0 unspecified atom stereocenters. The second kappa shape index (κ2) is 1.97. The van der Waals surface area contributed by atoms with Crippen LogP contribution in [-0.4, -0.2) is 18.3 Å². The molecule has 0 radical (unpaired) electrons. The number of rotatable bonds is 0. The Hall–Kier alpha value is 0.400. The fourth-order valence-corrected chi connectivity index (χ4v) is 1.96. The summed E-state index contributed by atoms with van der Waals surface area (Å²) in [4.78, 5) is 20.8. The molecule has 0 spiro atoms. The number of nitrogens with zero attached hydrogens (tertiary/aromatic N) is 2. The zero-order chi connectivity index (χ0) is 6.31. The number of carbonyl (C=O) groups is 2. The molecule has 44 valence electrons. The van der Waals surface area contributed by atoms with Gasteiger partial charge in [0.2, 0.25) is 0 Å². The topological polar surface area (TPSA) is 40.6 Å². The molecule has 0 saturated carbocycles. The number of urea groups is 2. The normalized spacial score (nSPS) is 19.2. The van der Waals surface area contributed by atoms with Gasteiger partial charge in [0.1, 0.15) is 0 Å². The van der Waals surface area contributed by atoms with Crippen LogP contribution in [0.1, 0.15) is 0 Å². The zero-order valence-corrected chi connectivity index (χ0v) is 7.78. The van der Waals surface area contributed by atoms with Crippen LogP contribution in [0.4, 0.5) is 9.59 Å². The van der Waals surface area contributed by atoms with Crippen LogP contribution in [0, 0.1) is 0 Å². The monoisotopic (exact) mass is 338 g/mol. The summed E-state index contributed by atoms with van der Waals surface area (Å²) in [5.41, 5.74) is 0. The molecule has 0 aromatic heterocycles. The summed E-state index contributed by atoms with van der Waals surface area (Å²) in [6.07, 6.45) is 0. The van der Waals surface area contributed by atoms with Gasteiger partial charge in [-0.25, -0.2) is 9.59 Å². The lowest BCUT2D eigenvalue weighted by Crippen LogP contribution is -2.53. The Labute approximate surface area is 73.2 Å². The number of hydrogen-bond acceptors (Lipinski definition) is 2. The van der Waals surface area contributed by atoms with Crippen LogP contribution < -0.4 is 0 Å². The minimum absolute atomic E-state index is 0.267. The summed E-state index contributed by atoms with van der Waals surface area (Å²) in [7, 11) is 0. The number of halogens is 2. The Kier molecular flexibility index (Phi) is 1.61. The molecule has 0 N–H and O–H groups in total. The van der Waals surface area contributed by atoms with Gasteiger partial charge in [0.25, 0.3) is 0 Å². The molecular formula is C2I2N2O2. The van der Waals surface area contributed by atoms with Gasteiger partial charge in [-0.2, -0.15) is 6.23 Å². The highest BCUT2D eigenvalue weighted by Gasteiger charge is 2.40. The molecule has 6 heteroatoms. The summed E-state index contributed by atoms with van der Waals surface area (Å²) in [5, 5.41) is 0. The first-order chi connectivity index (χ1) is 3.64. The first kappa shape index (κ1) is 6.52. The molecule has 4 nitrogen and oxygen atoms in total. The highest BCUT2D eigenvalue weighted by Crippen LogP contribution is 2.23. The Balaban J connectivity index is 2.68. The SMILES string of the molecule is O=C1N(I)C(=O)N1I. The van der Waals surface area contributed by atoms with Crippen molar-refractivity contribution in [1.82, 2.24) is 6.23 Å². The van der Waals surface area contributed by atoms with E-state index in [1.165, 1.54) is 0 Å². The molecule has 1 rings (SSSR count). The van der Waals surface area contributed by atoms with E-state index >= 15 is 0 Å². The molecule has 0 aromatic carbocycles. The van der Waals surface area contributed by atoms with E-state index in [2.05, 4.69) is 0 Å². The third-order valence-corrected chi connectivity index (χ3v) is 2.32. The molecule has 0 aromatic rings. The summed E-state index contributed by atoms with van der Waals surface area (Å²) >= 11 is 3.30. The van der Waals surface area contributed by atoms with Gasteiger partial charge in [-0.1, -0.05) is 0 Å². The second-order valence-corrected chi connectivity index (χ2v) is 3.06. The highest BCUT2D eigenvalue weighted by atomic mass is 127. The zero-order valence-electron chi connectivity index (χ0n) is 3.47. The van der Waals surface area contributed by atoms with E-state index in [1.54, 1.807) is 45.7 Å². The molecule has 1 aliphatic heterocycles. The Morgan fingerprint density at radius 3 is 1.38 bits per heavy atom. The predicted molar refractivity (Wildman–Crippen MR) is 42.5 cm³/mol. The molecular weight excluding hydrogens is 338 g/mol. The predicted octanol–water partition coefficient (Wildman–Crippen LogP) is 1.54. The van der Waals surface area contributed by atoms with Crippen molar-refractivity contribution in [3.8, 4) is 0 Å². The van der Waals surface area contributed by atoms with Crippen LogP contribution in [0.5, 0.6) is 0 Å². The van der Waals surface area contributed by atoms with E-state index in [9.17, 15) is 9.59 Å². The molecule has 0 atom stereocenters. The van der Waals surface area contributed by atoms with Gasteiger partial charge in [-0.05, 0) is 0 Å². The van der Waals surface area contributed by atoms with Gasteiger partial charge < -0.3 is 0 Å². The Morgan fingerprint density at radius 1 is 1.00 bits per heavy atom. The lowest BCUT2D eigenvalue weighted by molar-refractivity contribution is 0.175. The number of hydrogen-bond donors (Lipinski definition) is 0. The van der Waals surface area contributed by atoms with Gasteiger partial charge in [-0.15, -0.1) is 0 Å². The quantitative estimate of drug-likeness (QED) is 0.497. The second-order valence-electron chi connectivity index (χ2n) is 1.13. The minimum Gasteiger partial charge on any atom is -0.246 e. The smallest absolute Gasteiger partial charge is 0.246 e. The standard InChI is InChI=1S/C2I2N2O2/c3-5-1(7)6(4)2(5)8. The highest BCUT2D eigenvalue weighted by molar-refractivity contribution is 14.1. The third-order valence-electron chi connectivity index (χ3n) is 0.672. The fraction of sp³-hybridized carbons (Fsp3) is 0. The van der Waals surface area contributed by atoms with Crippen LogP contribution in [-0.2, 0) is 0 Å². The van der Waals surface area contributed by atoms with Crippen molar-refractivity contribution in [3.63, 3.8) is 0 Å². The maximum Gasteiger partial charge on any atom is 0.354 e. The van der Waals surface area contributed by atoms with Gasteiger partial charge >= 0.3 is 12.1 Å². The summed E-state index contributed by atoms with van der Waals surface area (Å²) < 4.78 is 2.04. The molecule has 0 aliphatic carbocycles. The van der Waals surface area contributed by atoms with Gasteiger partial charge in [0.05, 0.1) is 45.7 Å². The van der Waals surface area contributed by atoms with Crippen LogP contribution in [0.15, 0.2) is 0 Å². The summed E-state index contributed by atoms with van der Waals surface area (Å²) in [6, 6.07) is -0.535. The van der Waals surface area contributed by atoms with Crippen molar-refractivity contribution in [2.75, 3.05) is 0 Å². The lowest BCUT2D eigenvalue weighted by atomic mass is 10.7. The number of imide groups is 2. The average molecular weight is 338 g/mol. The fourth-order valence-electron chi connectivity index (χ4n) is 0.273. The van der Waals surface area contributed by atoms with Crippen LogP contribution in [0.2, 0.25) is 0 Å². The molecule has 4 amide bonds. The number of carbonyl (C=O) groups excluding carboxylic acids is 2. The van der Waals surface area contributed by atoms with E-state index in [0.717, 1.165) is 6.23 Å². The van der Waals surface area contributed by atoms with Crippen molar-refractivity contribution < 1.29 is 9.59 Å². The van der Waals surface area contributed by atoms with Crippen LogP contribution >= 0.6 is 45.7 Å². The van der Waals surface area contributed by atoms with Gasteiger partial charge in [-0.3, -0.25) is 0 Å². The molecule has 1 fully saturated rings. The van der Waals surface area contributed by atoms with Gasteiger partial charge in [0, 0.05) is 0 Å². The van der Waals surface area contributed by atoms with Crippen molar-refractivity contribution in [2.45, 2.75) is 0 Å². The maximum atomic E-state index is 10.4. The maximum absolute atomic E-state index is 10.4. The van der Waals surface area contributed by atoms with Crippen molar-refractivity contribution in [3.05, 3.63) is 0 Å². The van der Waals surface area contributed by atoms with Crippen LogP contribution in [0.3, 0.4) is 0 Å². The molecule has 1 heterocycles. The summed E-state index contributed by atoms with van der Waals surface area (Å²) in [6.45, 7) is 0. The third kappa shape index (κ3) is 0.694. The van der Waals surface area contributed by atoms with E-state index in [-0.39, 0.29) is 12.1 Å². The van der Waals surface area contributed by atoms with Crippen molar-refractivity contribution >= 4 is 57.8 Å². The van der Waals surface area contributed by atoms with Gasteiger partial charge in [0.15, 0.2) is 0 Å². The van der Waals surface area contributed by atoms with E-state index in [1.807, 2.05) is 0 Å². The minimum atomic E-state index is -0.267. The molecule has 8 heavy (non-hydrogen) atoms. The Morgan fingerprint density at radius 2 is 1.25 bits per heavy atom. The van der Waals surface area contributed by atoms with Crippen molar-refractivity contribution in [1.29, 1.82) is 0 Å². The van der Waals surface area contributed by atoms with E-state index in [0.29, 0.717) is 0 Å². The largest absolute Gasteiger partial charge is 0.354 e. The lowest BCUT2D eigenvalue weighted by Gasteiger charge is -2.28. The summed E-state index contributed by atoms with van der Waals surface area (Å²) in [5.74, 6) is 0. The van der Waals surface area contributed by atoms with E-state index in [4.69, 9.17) is 0 Å². The van der Waals surface area contributed by atoms with Crippen LogP contribution in [0.25, 0.3) is 0 Å². The average Bonchev–Trinajstić information content (AvgIpc) is 1.83.